The van der Waals surface area contributed by atoms with Gasteiger partial charge in [-0.05, 0) is 19.3 Å². The van der Waals surface area contributed by atoms with E-state index < -0.39 is 17.0 Å². The van der Waals surface area contributed by atoms with Gasteiger partial charge in [0.15, 0.2) is 0 Å². The molecule has 3 rings (SSSR count). The second kappa shape index (κ2) is 4.59. The highest BCUT2D eigenvalue weighted by atomic mass is 19.4. The number of fused-ring (bicyclic) bond motifs is 1. The van der Waals surface area contributed by atoms with Gasteiger partial charge in [-0.25, -0.2) is 0 Å². The first-order valence-electron chi connectivity index (χ1n) is 7.03. The molecule has 4 nitrogen and oxygen atoms in total. The van der Waals surface area contributed by atoms with E-state index in [4.69, 9.17) is 4.74 Å². The summed E-state index contributed by atoms with van der Waals surface area (Å²) < 4.78 is 44.6. The zero-order valence-corrected chi connectivity index (χ0v) is 11.2. The van der Waals surface area contributed by atoms with Gasteiger partial charge < -0.3 is 15.4 Å². The van der Waals surface area contributed by atoms with Gasteiger partial charge in [0.1, 0.15) is 0 Å². The van der Waals surface area contributed by atoms with Crippen LogP contribution in [-0.4, -0.2) is 44.9 Å². The molecule has 1 amide bonds. The Bertz CT molecular complexity index is 409. The summed E-state index contributed by atoms with van der Waals surface area (Å²) in [7, 11) is 0. The van der Waals surface area contributed by atoms with Gasteiger partial charge in [-0.3, -0.25) is 4.79 Å². The van der Waals surface area contributed by atoms with Crippen molar-refractivity contribution in [1.29, 1.82) is 0 Å². The van der Waals surface area contributed by atoms with Gasteiger partial charge in [-0.1, -0.05) is 0 Å². The fraction of sp³-hybridized carbons (Fsp3) is 0.923. The van der Waals surface area contributed by atoms with Gasteiger partial charge in [0, 0.05) is 44.2 Å². The highest BCUT2D eigenvalue weighted by molar-refractivity contribution is 5.78. The lowest BCUT2D eigenvalue weighted by Crippen LogP contribution is -2.41. The zero-order chi connectivity index (χ0) is 14.4. The van der Waals surface area contributed by atoms with Crippen LogP contribution in [0.5, 0.6) is 0 Å². The largest absolute Gasteiger partial charge is 0.396 e. The lowest BCUT2D eigenvalue weighted by atomic mass is 9.94. The van der Waals surface area contributed by atoms with Crippen LogP contribution in [0.3, 0.4) is 0 Å². The molecule has 1 aliphatic carbocycles. The Morgan fingerprint density at radius 2 is 2.00 bits per heavy atom. The quantitative estimate of drug-likeness (QED) is 0.818. The summed E-state index contributed by atoms with van der Waals surface area (Å²) in [5.74, 6) is -0.244. The molecular weight excluding hydrogens is 273 g/mol. The number of hydrogen-bond acceptors (Lipinski definition) is 3. The Labute approximate surface area is 115 Å². The molecule has 2 saturated heterocycles. The van der Waals surface area contributed by atoms with E-state index in [1.54, 1.807) is 0 Å². The Morgan fingerprint density at radius 3 is 2.60 bits per heavy atom. The molecule has 0 unspecified atom stereocenters. The molecule has 2 atom stereocenters. The molecule has 0 bridgehead atoms. The molecule has 0 radical (unpaired) electrons. The molecule has 0 aromatic carbocycles. The standard InChI is InChI=1S/C13H19F3N2O2/c14-13(15,16)12-5-11(12,6-17-8-12)7-18-10(19)9-1-3-20-4-2-9/h9,17H,1-8H2,(H,18,19)/t11-,12-/m0/s1. The number of carbonyl (C=O) groups excluding carboxylic acids is 1. The first kappa shape index (κ1) is 14.1. The van der Waals surface area contributed by atoms with Crippen LogP contribution in [0.1, 0.15) is 19.3 Å². The normalized spacial score (nSPS) is 37.5. The Morgan fingerprint density at radius 1 is 1.30 bits per heavy atom. The third-order valence-electron chi connectivity index (χ3n) is 5.16. The maximum atomic E-state index is 13.1. The van der Waals surface area contributed by atoms with E-state index in [9.17, 15) is 18.0 Å². The minimum Gasteiger partial charge on any atom is -0.381 e. The molecule has 7 heteroatoms. The van der Waals surface area contributed by atoms with Gasteiger partial charge >= 0.3 is 6.18 Å². The van der Waals surface area contributed by atoms with Gasteiger partial charge in [-0.2, -0.15) is 13.2 Å². The zero-order valence-electron chi connectivity index (χ0n) is 11.2. The van der Waals surface area contributed by atoms with E-state index in [1.807, 2.05) is 0 Å². The van der Waals surface area contributed by atoms with Crippen molar-refractivity contribution in [2.75, 3.05) is 32.8 Å². The monoisotopic (exact) mass is 292 g/mol. The Hall–Kier alpha value is -0.820. The van der Waals surface area contributed by atoms with Crippen molar-refractivity contribution in [3.8, 4) is 0 Å². The minimum absolute atomic E-state index is 0.0242. The molecular formula is C13H19F3N2O2. The first-order valence-corrected chi connectivity index (χ1v) is 7.03. The molecule has 2 heterocycles. The van der Waals surface area contributed by atoms with E-state index >= 15 is 0 Å². The number of amides is 1. The number of alkyl halides is 3. The van der Waals surface area contributed by atoms with Crippen LogP contribution < -0.4 is 10.6 Å². The fourth-order valence-electron chi connectivity index (χ4n) is 3.69. The summed E-state index contributed by atoms with van der Waals surface area (Å²) in [4.78, 5) is 12.0. The van der Waals surface area contributed by atoms with Gasteiger partial charge in [-0.15, -0.1) is 0 Å². The molecule has 0 aromatic heterocycles. The van der Waals surface area contributed by atoms with Crippen molar-refractivity contribution in [1.82, 2.24) is 10.6 Å². The summed E-state index contributed by atoms with van der Waals surface area (Å²) >= 11 is 0. The van der Waals surface area contributed by atoms with Crippen LogP contribution in [0.15, 0.2) is 0 Å². The lowest BCUT2D eigenvalue weighted by molar-refractivity contribution is -0.190. The lowest BCUT2D eigenvalue weighted by Gasteiger charge is -2.24. The minimum atomic E-state index is -4.19. The van der Waals surface area contributed by atoms with Crippen LogP contribution >= 0.6 is 0 Å². The van der Waals surface area contributed by atoms with E-state index in [0.717, 1.165) is 0 Å². The first-order chi connectivity index (χ1) is 9.40. The summed E-state index contributed by atoms with van der Waals surface area (Å²) in [6.07, 6.45) is -2.76. The van der Waals surface area contributed by atoms with E-state index in [0.29, 0.717) is 32.6 Å². The molecule has 0 aromatic rings. The maximum absolute atomic E-state index is 13.1. The molecule has 20 heavy (non-hydrogen) atoms. The summed E-state index contributed by atoms with van der Waals surface area (Å²) in [5.41, 5.74) is -2.45. The molecule has 1 saturated carbocycles. The van der Waals surface area contributed by atoms with Crippen molar-refractivity contribution in [2.24, 2.45) is 16.7 Å². The molecule has 2 N–H and O–H groups in total. The highest BCUT2D eigenvalue weighted by Crippen LogP contribution is 2.72. The number of carbonyl (C=O) groups is 1. The number of piperidine rings is 1. The third-order valence-corrected chi connectivity index (χ3v) is 5.16. The number of nitrogens with one attached hydrogen (secondary N) is 2. The average Bonchev–Trinajstić information content (AvgIpc) is 2.94. The Kier molecular flexibility index (Phi) is 3.25. The third kappa shape index (κ3) is 2.02. The number of rotatable bonds is 3. The molecule has 2 aliphatic heterocycles. The smallest absolute Gasteiger partial charge is 0.381 e. The fourth-order valence-corrected chi connectivity index (χ4v) is 3.69. The average molecular weight is 292 g/mol. The van der Waals surface area contributed by atoms with Gasteiger partial charge in [0.2, 0.25) is 5.91 Å². The summed E-state index contributed by atoms with van der Waals surface area (Å²) in [5, 5.41) is 5.56. The van der Waals surface area contributed by atoms with E-state index in [2.05, 4.69) is 10.6 Å². The van der Waals surface area contributed by atoms with Crippen molar-refractivity contribution < 1.29 is 22.7 Å². The summed E-state index contributed by atoms with van der Waals surface area (Å²) in [6, 6.07) is 0. The van der Waals surface area contributed by atoms with Crippen molar-refractivity contribution in [2.45, 2.75) is 25.4 Å². The van der Waals surface area contributed by atoms with Crippen LogP contribution in [-0.2, 0) is 9.53 Å². The highest BCUT2D eigenvalue weighted by Gasteiger charge is 2.81. The predicted octanol–water partition coefficient (Wildman–Crippen LogP) is 1.07. The van der Waals surface area contributed by atoms with Crippen LogP contribution in [0.4, 0.5) is 13.2 Å². The van der Waals surface area contributed by atoms with Gasteiger partial charge in [0.05, 0.1) is 5.41 Å². The van der Waals surface area contributed by atoms with Crippen LogP contribution in [0, 0.1) is 16.7 Å². The van der Waals surface area contributed by atoms with E-state index in [1.165, 1.54) is 0 Å². The second-order valence-electron chi connectivity index (χ2n) is 6.24. The van der Waals surface area contributed by atoms with Crippen molar-refractivity contribution in [3.05, 3.63) is 0 Å². The van der Waals surface area contributed by atoms with E-state index in [-0.39, 0.29) is 31.3 Å². The number of ether oxygens (including phenoxy) is 1. The maximum Gasteiger partial charge on any atom is 0.396 e. The molecule has 114 valence electrons. The summed E-state index contributed by atoms with van der Waals surface area (Å²) in [6.45, 7) is 1.54. The second-order valence-corrected chi connectivity index (χ2v) is 6.24. The molecule has 0 spiro atoms. The van der Waals surface area contributed by atoms with Crippen molar-refractivity contribution in [3.63, 3.8) is 0 Å². The number of hydrogen-bond donors (Lipinski definition) is 2. The molecule has 3 aliphatic rings. The Balaban J connectivity index is 1.58. The van der Waals surface area contributed by atoms with Crippen LogP contribution in [0.2, 0.25) is 0 Å². The van der Waals surface area contributed by atoms with Gasteiger partial charge in [0.25, 0.3) is 0 Å². The van der Waals surface area contributed by atoms with Crippen molar-refractivity contribution >= 4 is 5.91 Å². The SMILES string of the molecule is O=C(NC[C@]12CNC[C@@]1(C(F)(F)F)C2)C1CCOCC1. The predicted molar refractivity (Wildman–Crippen MR) is 65.0 cm³/mol. The number of halogens is 3. The topological polar surface area (TPSA) is 50.4 Å². The molecule has 3 fully saturated rings. The van der Waals surface area contributed by atoms with Crippen LogP contribution in [0.25, 0.3) is 0 Å².